The van der Waals surface area contributed by atoms with Gasteiger partial charge in [0, 0.05) is 12.3 Å². The second kappa shape index (κ2) is 3.75. The van der Waals surface area contributed by atoms with Crippen LogP contribution in [0.3, 0.4) is 0 Å². The molecule has 0 aromatic rings. The summed E-state index contributed by atoms with van der Waals surface area (Å²) in [4.78, 5) is 10.4. The quantitative estimate of drug-likeness (QED) is 0.551. The van der Waals surface area contributed by atoms with Gasteiger partial charge in [-0.05, 0) is 0 Å². The minimum atomic E-state index is -3.90. The molecule has 1 amide bonds. The summed E-state index contributed by atoms with van der Waals surface area (Å²) < 4.78 is 21.8. The largest absolute Gasteiger partial charge is 0.298 e. The standard InChI is InChI=1S/C3H7ClN2O3S/c4-2-1-3(7)6-10(5,8)9/h1-2H2,(H,6,7)(H2,5,8,9). The zero-order chi connectivity index (χ0) is 8.20. The van der Waals surface area contributed by atoms with Gasteiger partial charge in [0.15, 0.2) is 0 Å². The Bertz CT molecular complexity index is 212. The molecule has 0 atom stereocenters. The summed E-state index contributed by atoms with van der Waals surface area (Å²) in [5, 5.41) is 4.46. The van der Waals surface area contributed by atoms with Crippen LogP contribution in [0, 0.1) is 0 Å². The fourth-order valence-corrected chi connectivity index (χ4v) is 0.887. The summed E-state index contributed by atoms with van der Waals surface area (Å²) in [7, 11) is -3.90. The van der Waals surface area contributed by atoms with Crippen molar-refractivity contribution in [3.05, 3.63) is 0 Å². The predicted molar refractivity (Wildman–Crippen MR) is 36.6 cm³/mol. The van der Waals surface area contributed by atoms with Crippen LogP contribution in [0.15, 0.2) is 0 Å². The topological polar surface area (TPSA) is 89.3 Å². The van der Waals surface area contributed by atoms with E-state index in [2.05, 4.69) is 5.14 Å². The van der Waals surface area contributed by atoms with Gasteiger partial charge in [-0.25, -0.2) is 9.86 Å². The number of hydrogen-bond donors (Lipinski definition) is 2. The molecule has 0 saturated carbocycles. The number of nitrogens with two attached hydrogens (primary N) is 1. The molecule has 0 heterocycles. The van der Waals surface area contributed by atoms with E-state index in [-0.39, 0.29) is 12.3 Å². The molecule has 3 N–H and O–H groups in total. The molecule has 7 heteroatoms. The SMILES string of the molecule is NS(=O)(=O)NC(=O)CCCl. The molecule has 60 valence electrons. The number of hydrogen-bond acceptors (Lipinski definition) is 3. The van der Waals surface area contributed by atoms with Crippen molar-refractivity contribution < 1.29 is 13.2 Å². The summed E-state index contributed by atoms with van der Waals surface area (Å²) in [6, 6.07) is 0. The molecule has 0 aliphatic rings. The molecule has 0 aliphatic heterocycles. The highest BCUT2D eigenvalue weighted by Crippen LogP contribution is 1.84. The normalized spacial score (nSPS) is 11.0. The zero-order valence-corrected chi connectivity index (χ0v) is 6.57. The highest BCUT2D eigenvalue weighted by atomic mass is 35.5. The van der Waals surface area contributed by atoms with Crippen molar-refractivity contribution in [1.82, 2.24) is 4.72 Å². The maximum Gasteiger partial charge on any atom is 0.298 e. The third-order valence-electron chi connectivity index (χ3n) is 0.578. The molecule has 0 radical (unpaired) electrons. The average Bonchev–Trinajstić information content (AvgIpc) is 1.59. The van der Waals surface area contributed by atoms with Crippen molar-refractivity contribution >= 4 is 27.7 Å². The number of rotatable bonds is 3. The van der Waals surface area contributed by atoms with Crippen molar-refractivity contribution in [1.29, 1.82) is 0 Å². The van der Waals surface area contributed by atoms with Crippen molar-refractivity contribution in [3.8, 4) is 0 Å². The van der Waals surface area contributed by atoms with Crippen molar-refractivity contribution in [3.63, 3.8) is 0 Å². The number of carbonyl (C=O) groups is 1. The van der Waals surface area contributed by atoms with Crippen LogP contribution in [-0.4, -0.2) is 20.2 Å². The Kier molecular flexibility index (Phi) is 3.62. The lowest BCUT2D eigenvalue weighted by Gasteiger charge is -1.97. The van der Waals surface area contributed by atoms with Gasteiger partial charge in [-0.2, -0.15) is 8.42 Å². The van der Waals surface area contributed by atoms with Crippen LogP contribution in [0.4, 0.5) is 0 Å². The van der Waals surface area contributed by atoms with E-state index in [4.69, 9.17) is 11.6 Å². The summed E-state index contributed by atoms with van der Waals surface area (Å²) in [6.07, 6.45) is -0.0576. The minimum Gasteiger partial charge on any atom is -0.274 e. The maximum absolute atomic E-state index is 10.4. The zero-order valence-electron chi connectivity index (χ0n) is 5.00. The average molecular weight is 187 g/mol. The van der Waals surface area contributed by atoms with Crippen molar-refractivity contribution in [2.75, 3.05) is 5.88 Å². The molecule has 0 aliphatic carbocycles. The van der Waals surface area contributed by atoms with E-state index >= 15 is 0 Å². The van der Waals surface area contributed by atoms with Gasteiger partial charge in [-0.3, -0.25) is 4.79 Å². The van der Waals surface area contributed by atoms with Gasteiger partial charge >= 0.3 is 0 Å². The van der Waals surface area contributed by atoms with Gasteiger partial charge in [0.2, 0.25) is 5.91 Å². The van der Waals surface area contributed by atoms with Crippen LogP contribution in [0.25, 0.3) is 0 Å². The molecule has 5 nitrogen and oxygen atoms in total. The minimum absolute atomic E-state index is 0.0576. The van der Waals surface area contributed by atoms with Crippen molar-refractivity contribution in [2.45, 2.75) is 6.42 Å². The fourth-order valence-electron chi connectivity index (χ4n) is 0.296. The molecule has 0 bridgehead atoms. The summed E-state index contributed by atoms with van der Waals surface area (Å²) in [6.45, 7) is 0. The van der Waals surface area contributed by atoms with Gasteiger partial charge in [0.05, 0.1) is 0 Å². The Morgan fingerprint density at radius 2 is 2.10 bits per heavy atom. The number of amides is 1. The Morgan fingerprint density at radius 3 is 2.40 bits per heavy atom. The number of alkyl halides is 1. The van der Waals surface area contributed by atoms with E-state index < -0.39 is 16.1 Å². The van der Waals surface area contributed by atoms with Crippen LogP contribution in [0.5, 0.6) is 0 Å². The number of nitrogens with one attached hydrogen (secondary N) is 1. The monoisotopic (exact) mass is 186 g/mol. The Balaban J connectivity index is 3.82. The molecule has 0 saturated heterocycles. The first kappa shape index (κ1) is 9.67. The molecular weight excluding hydrogens is 180 g/mol. The van der Waals surface area contributed by atoms with Gasteiger partial charge in [0.25, 0.3) is 10.2 Å². The Morgan fingerprint density at radius 1 is 1.60 bits per heavy atom. The summed E-state index contributed by atoms with van der Waals surface area (Å²) >= 11 is 5.13. The predicted octanol–water partition coefficient (Wildman–Crippen LogP) is -1.06. The van der Waals surface area contributed by atoms with E-state index in [1.54, 1.807) is 4.72 Å². The smallest absolute Gasteiger partial charge is 0.274 e. The van der Waals surface area contributed by atoms with Gasteiger partial charge in [-0.15, -0.1) is 11.6 Å². The van der Waals surface area contributed by atoms with E-state index in [9.17, 15) is 13.2 Å². The molecule has 0 fully saturated rings. The van der Waals surface area contributed by atoms with Crippen molar-refractivity contribution in [2.24, 2.45) is 5.14 Å². The van der Waals surface area contributed by atoms with Gasteiger partial charge < -0.3 is 0 Å². The molecular formula is C3H7ClN2O3S. The molecule has 0 aromatic heterocycles. The lowest BCUT2D eigenvalue weighted by molar-refractivity contribution is -0.118. The Labute approximate surface area is 63.7 Å². The number of halogens is 1. The maximum atomic E-state index is 10.4. The van der Waals surface area contributed by atoms with E-state index in [1.165, 1.54) is 0 Å². The van der Waals surface area contributed by atoms with Crippen LogP contribution >= 0.6 is 11.6 Å². The molecule has 0 aromatic carbocycles. The van der Waals surface area contributed by atoms with Crippen LogP contribution in [0.2, 0.25) is 0 Å². The summed E-state index contributed by atoms with van der Waals surface area (Å²) in [5.74, 6) is -0.626. The van der Waals surface area contributed by atoms with E-state index in [0.717, 1.165) is 0 Å². The van der Waals surface area contributed by atoms with Gasteiger partial charge in [-0.1, -0.05) is 0 Å². The lowest BCUT2D eigenvalue weighted by atomic mass is 10.5. The lowest BCUT2D eigenvalue weighted by Crippen LogP contribution is -2.35. The molecule has 10 heavy (non-hydrogen) atoms. The van der Waals surface area contributed by atoms with E-state index in [0.29, 0.717) is 0 Å². The second-order valence-corrected chi connectivity index (χ2v) is 3.18. The first-order valence-corrected chi connectivity index (χ1v) is 4.43. The van der Waals surface area contributed by atoms with Crippen LogP contribution < -0.4 is 9.86 Å². The third kappa shape index (κ3) is 5.80. The molecule has 0 rings (SSSR count). The van der Waals surface area contributed by atoms with Crippen LogP contribution in [-0.2, 0) is 15.0 Å². The Hall–Kier alpha value is -0.330. The molecule has 0 unspecified atom stereocenters. The highest BCUT2D eigenvalue weighted by Gasteiger charge is 2.06. The highest BCUT2D eigenvalue weighted by molar-refractivity contribution is 7.87. The first-order valence-electron chi connectivity index (χ1n) is 2.35. The van der Waals surface area contributed by atoms with E-state index in [1.807, 2.05) is 0 Å². The number of carbonyl (C=O) groups excluding carboxylic acids is 1. The summed E-state index contributed by atoms with van der Waals surface area (Å²) in [5.41, 5.74) is 0. The van der Waals surface area contributed by atoms with Gasteiger partial charge in [0.1, 0.15) is 0 Å². The molecule has 0 spiro atoms. The first-order chi connectivity index (χ1) is 4.45. The van der Waals surface area contributed by atoms with Crippen LogP contribution in [0.1, 0.15) is 6.42 Å². The fraction of sp³-hybridized carbons (Fsp3) is 0.667. The third-order valence-corrected chi connectivity index (χ3v) is 1.28. The second-order valence-electron chi connectivity index (χ2n) is 1.51.